The Labute approximate surface area is 103 Å². The number of carbonyl (C=O) groups excluding carboxylic acids is 1. The Morgan fingerprint density at radius 3 is 2.53 bits per heavy atom. The second-order valence-electron chi connectivity index (χ2n) is 5.12. The molecule has 92 valence electrons. The highest BCUT2D eigenvalue weighted by Gasteiger charge is 2.17. The third-order valence-electron chi connectivity index (χ3n) is 3.56. The molecule has 0 bridgehead atoms. The number of amides is 1. The zero-order valence-electron chi connectivity index (χ0n) is 10.5. The minimum atomic E-state index is 0.206. The van der Waals surface area contributed by atoms with Gasteiger partial charge in [0.1, 0.15) is 0 Å². The molecule has 0 aromatic heterocycles. The Bertz CT molecular complexity index is 363. The van der Waals surface area contributed by atoms with E-state index in [1.807, 2.05) is 0 Å². The van der Waals surface area contributed by atoms with Crippen LogP contribution in [0.3, 0.4) is 0 Å². The number of hydrogen-bond donors (Lipinski definition) is 1. The van der Waals surface area contributed by atoms with Crippen LogP contribution in [0.15, 0.2) is 24.3 Å². The predicted octanol–water partition coefficient (Wildman–Crippen LogP) is 3.19. The number of hydrogen-bond acceptors (Lipinski definition) is 1. The van der Waals surface area contributed by atoms with Crippen LogP contribution in [-0.4, -0.2) is 5.91 Å². The average molecular weight is 231 g/mol. The summed E-state index contributed by atoms with van der Waals surface area (Å²) in [4.78, 5) is 11.7. The number of carbonyl (C=O) groups is 1. The van der Waals surface area contributed by atoms with Crippen LogP contribution >= 0.6 is 0 Å². The molecule has 0 spiro atoms. The Hall–Kier alpha value is -1.31. The van der Waals surface area contributed by atoms with Crippen molar-refractivity contribution in [2.45, 2.75) is 45.6 Å². The van der Waals surface area contributed by atoms with E-state index >= 15 is 0 Å². The molecule has 1 aromatic carbocycles. The summed E-state index contributed by atoms with van der Waals surface area (Å²) in [5, 5.41) is 3.01. The van der Waals surface area contributed by atoms with Gasteiger partial charge in [-0.1, -0.05) is 42.7 Å². The van der Waals surface area contributed by atoms with E-state index in [0.717, 1.165) is 0 Å². The first kappa shape index (κ1) is 12.2. The molecule has 2 rings (SSSR count). The van der Waals surface area contributed by atoms with Crippen molar-refractivity contribution in [1.82, 2.24) is 5.32 Å². The van der Waals surface area contributed by atoms with Crippen LogP contribution in [0, 0.1) is 12.8 Å². The van der Waals surface area contributed by atoms with Gasteiger partial charge in [-0.2, -0.15) is 0 Å². The van der Waals surface area contributed by atoms with Gasteiger partial charge in [0.2, 0.25) is 5.91 Å². The van der Waals surface area contributed by atoms with Gasteiger partial charge in [-0.05, 0) is 31.2 Å². The van der Waals surface area contributed by atoms with E-state index < -0.39 is 0 Å². The second kappa shape index (κ2) is 5.85. The summed E-state index contributed by atoms with van der Waals surface area (Å²) in [6.07, 6.45) is 5.79. The first-order chi connectivity index (χ1) is 8.24. The van der Waals surface area contributed by atoms with Crippen molar-refractivity contribution in [3.63, 3.8) is 0 Å². The van der Waals surface area contributed by atoms with Crippen LogP contribution in [0.2, 0.25) is 0 Å². The fourth-order valence-electron chi connectivity index (χ4n) is 2.46. The van der Waals surface area contributed by atoms with Gasteiger partial charge < -0.3 is 5.32 Å². The van der Waals surface area contributed by atoms with Crippen LogP contribution in [0.4, 0.5) is 0 Å². The lowest BCUT2D eigenvalue weighted by atomic mass is 10.0. The molecular formula is C15H21NO. The molecule has 1 aromatic rings. The standard InChI is InChI=1S/C15H21NO/c1-12-6-8-14(9-7-12)11-16-15(17)10-13-4-2-3-5-13/h6-9,13H,2-5,10-11H2,1H3,(H,16,17). The topological polar surface area (TPSA) is 29.1 Å². The summed E-state index contributed by atoms with van der Waals surface area (Å²) in [5.74, 6) is 0.838. The normalized spacial score (nSPS) is 16.1. The third-order valence-corrected chi connectivity index (χ3v) is 3.56. The Morgan fingerprint density at radius 1 is 1.24 bits per heavy atom. The van der Waals surface area contributed by atoms with Gasteiger partial charge >= 0.3 is 0 Å². The first-order valence-electron chi connectivity index (χ1n) is 6.56. The number of aryl methyl sites for hydroxylation is 1. The molecule has 0 unspecified atom stereocenters. The second-order valence-corrected chi connectivity index (χ2v) is 5.12. The lowest BCUT2D eigenvalue weighted by Crippen LogP contribution is -2.24. The van der Waals surface area contributed by atoms with Gasteiger partial charge in [0.15, 0.2) is 0 Å². The zero-order valence-corrected chi connectivity index (χ0v) is 10.5. The molecular weight excluding hydrogens is 210 g/mol. The Balaban J connectivity index is 1.73. The minimum Gasteiger partial charge on any atom is -0.352 e. The molecule has 1 N–H and O–H groups in total. The third kappa shape index (κ3) is 3.88. The smallest absolute Gasteiger partial charge is 0.220 e. The quantitative estimate of drug-likeness (QED) is 0.847. The van der Waals surface area contributed by atoms with Gasteiger partial charge in [0.25, 0.3) is 0 Å². The molecule has 0 saturated heterocycles. The van der Waals surface area contributed by atoms with E-state index in [1.54, 1.807) is 0 Å². The average Bonchev–Trinajstić information content (AvgIpc) is 2.81. The monoisotopic (exact) mass is 231 g/mol. The molecule has 1 aliphatic rings. The van der Waals surface area contributed by atoms with E-state index in [9.17, 15) is 4.79 Å². The van der Waals surface area contributed by atoms with Gasteiger partial charge in [-0.15, -0.1) is 0 Å². The summed E-state index contributed by atoms with van der Waals surface area (Å²) in [6, 6.07) is 8.31. The van der Waals surface area contributed by atoms with Gasteiger partial charge in [-0.3, -0.25) is 4.79 Å². The molecule has 2 nitrogen and oxygen atoms in total. The summed E-state index contributed by atoms with van der Waals surface area (Å²) < 4.78 is 0. The number of rotatable bonds is 4. The van der Waals surface area contributed by atoms with Crippen LogP contribution in [-0.2, 0) is 11.3 Å². The van der Waals surface area contributed by atoms with Crippen LogP contribution in [0.1, 0.15) is 43.2 Å². The summed E-state index contributed by atoms with van der Waals surface area (Å²) in [5.41, 5.74) is 2.43. The Kier molecular flexibility index (Phi) is 4.18. The van der Waals surface area contributed by atoms with Gasteiger partial charge in [-0.25, -0.2) is 0 Å². The van der Waals surface area contributed by atoms with Crippen LogP contribution in [0.25, 0.3) is 0 Å². The number of nitrogens with one attached hydrogen (secondary N) is 1. The fourth-order valence-corrected chi connectivity index (χ4v) is 2.46. The van der Waals surface area contributed by atoms with Gasteiger partial charge in [0.05, 0.1) is 0 Å². The van der Waals surface area contributed by atoms with Crippen molar-refractivity contribution in [2.24, 2.45) is 5.92 Å². The van der Waals surface area contributed by atoms with Crippen molar-refractivity contribution in [1.29, 1.82) is 0 Å². The molecule has 2 heteroatoms. The van der Waals surface area contributed by atoms with Crippen LogP contribution < -0.4 is 5.32 Å². The SMILES string of the molecule is Cc1ccc(CNC(=O)CC2CCCC2)cc1. The zero-order chi connectivity index (χ0) is 12.1. The summed E-state index contributed by atoms with van der Waals surface area (Å²) in [7, 11) is 0. The first-order valence-corrected chi connectivity index (χ1v) is 6.56. The molecule has 1 aliphatic carbocycles. The molecule has 0 atom stereocenters. The molecule has 17 heavy (non-hydrogen) atoms. The molecule has 1 amide bonds. The van der Waals surface area contributed by atoms with E-state index in [4.69, 9.17) is 0 Å². The highest BCUT2D eigenvalue weighted by Crippen LogP contribution is 2.27. The van der Waals surface area contributed by atoms with Crippen molar-refractivity contribution in [3.05, 3.63) is 35.4 Å². The molecule has 0 radical (unpaired) electrons. The van der Waals surface area contributed by atoms with Crippen molar-refractivity contribution < 1.29 is 4.79 Å². The van der Waals surface area contributed by atoms with E-state index in [2.05, 4.69) is 36.5 Å². The maximum Gasteiger partial charge on any atom is 0.220 e. The van der Waals surface area contributed by atoms with Crippen LogP contribution in [0.5, 0.6) is 0 Å². The lowest BCUT2D eigenvalue weighted by Gasteiger charge is -2.09. The highest BCUT2D eigenvalue weighted by atomic mass is 16.1. The summed E-state index contributed by atoms with van der Waals surface area (Å²) in [6.45, 7) is 2.73. The van der Waals surface area contributed by atoms with E-state index in [1.165, 1.54) is 36.8 Å². The van der Waals surface area contributed by atoms with E-state index in [-0.39, 0.29) is 5.91 Å². The molecule has 1 saturated carbocycles. The Morgan fingerprint density at radius 2 is 1.88 bits per heavy atom. The van der Waals surface area contributed by atoms with Gasteiger partial charge in [0, 0.05) is 13.0 Å². The van der Waals surface area contributed by atoms with Crippen molar-refractivity contribution in [3.8, 4) is 0 Å². The highest BCUT2D eigenvalue weighted by molar-refractivity contribution is 5.76. The minimum absolute atomic E-state index is 0.206. The fraction of sp³-hybridized carbons (Fsp3) is 0.533. The number of benzene rings is 1. The predicted molar refractivity (Wildman–Crippen MR) is 69.6 cm³/mol. The lowest BCUT2D eigenvalue weighted by molar-refractivity contribution is -0.122. The molecule has 0 aliphatic heterocycles. The van der Waals surface area contributed by atoms with Crippen molar-refractivity contribution >= 4 is 5.91 Å². The summed E-state index contributed by atoms with van der Waals surface area (Å²) >= 11 is 0. The van der Waals surface area contributed by atoms with Crippen molar-refractivity contribution in [2.75, 3.05) is 0 Å². The van der Waals surface area contributed by atoms with E-state index in [0.29, 0.717) is 18.9 Å². The maximum atomic E-state index is 11.7. The largest absolute Gasteiger partial charge is 0.352 e. The maximum absolute atomic E-state index is 11.7. The molecule has 1 fully saturated rings. The molecule has 0 heterocycles.